The molecule has 29 heavy (non-hydrogen) atoms. The molecular formula is C22H19F2N5. The van der Waals surface area contributed by atoms with Crippen molar-refractivity contribution in [3.05, 3.63) is 72.3 Å². The van der Waals surface area contributed by atoms with Crippen molar-refractivity contribution < 1.29 is 8.78 Å². The van der Waals surface area contributed by atoms with E-state index in [2.05, 4.69) is 20.0 Å². The van der Waals surface area contributed by atoms with Gasteiger partial charge in [0.2, 0.25) is 0 Å². The number of benzene rings is 2. The summed E-state index contributed by atoms with van der Waals surface area (Å²) in [4.78, 5) is 11.1. The summed E-state index contributed by atoms with van der Waals surface area (Å²) in [5, 5.41) is 5.15. The van der Waals surface area contributed by atoms with Gasteiger partial charge in [0.15, 0.2) is 0 Å². The van der Waals surface area contributed by atoms with Crippen molar-refractivity contribution in [1.82, 2.24) is 19.7 Å². The highest BCUT2D eigenvalue weighted by molar-refractivity contribution is 5.92. The Balaban J connectivity index is 1.57. The van der Waals surface area contributed by atoms with Crippen molar-refractivity contribution in [3.8, 4) is 11.1 Å². The van der Waals surface area contributed by atoms with Crippen LogP contribution in [0.15, 0.2) is 55.1 Å². The number of aromatic nitrogens is 4. The maximum atomic E-state index is 13.8. The zero-order chi connectivity index (χ0) is 20.0. The standard InChI is InChI=1S/C22H19F2N5/c1-28-12-16(11-27-28)14-4-5-19-20(9-14)25-13-26-22(19)29-6-2-3-21(29)15-7-17(23)10-18(24)8-15/h4-5,7-13,21H,2-3,6H2,1H3. The predicted molar refractivity (Wildman–Crippen MR) is 107 cm³/mol. The first-order valence-electron chi connectivity index (χ1n) is 9.55. The number of aryl methyl sites for hydroxylation is 1. The van der Waals surface area contributed by atoms with Gasteiger partial charge in [0.25, 0.3) is 0 Å². The molecule has 5 rings (SSSR count). The minimum Gasteiger partial charge on any atom is -0.349 e. The summed E-state index contributed by atoms with van der Waals surface area (Å²) < 4.78 is 29.3. The molecule has 7 heteroatoms. The van der Waals surface area contributed by atoms with Gasteiger partial charge in [0.05, 0.1) is 17.8 Å². The van der Waals surface area contributed by atoms with Crippen LogP contribution in [0.25, 0.3) is 22.0 Å². The predicted octanol–water partition coefficient (Wildman–Crippen LogP) is 4.65. The lowest BCUT2D eigenvalue weighted by atomic mass is 10.0. The van der Waals surface area contributed by atoms with Gasteiger partial charge in [-0.2, -0.15) is 5.10 Å². The van der Waals surface area contributed by atoms with E-state index >= 15 is 0 Å². The van der Waals surface area contributed by atoms with Crippen LogP contribution in [-0.4, -0.2) is 26.3 Å². The topological polar surface area (TPSA) is 46.8 Å². The van der Waals surface area contributed by atoms with E-state index in [-0.39, 0.29) is 6.04 Å². The molecule has 0 spiro atoms. The van der Waals surface area contributed by atoms with Gasteiger partial charge in [-0.25, -0.2) is 18.7 Å². The zero-order valence-electron chi connectivity index (χ0n) is 15.9. The fraction of sp³-hybridized carbons (Fsp3) is 0.227. The Morgan fingerprint density at radius 1 is 1.00 bits per heavy atom. The molecule has 0 amide bonds. The van der Waals surface area contributed by atoms with Crippen molar-refractivity contribution in [2.24, 2.45) is 7.05 Å². The van der Waals surface area contributed by atoms with E-state index in [0.29, 0.717) is 5.56 Å². The SMILES string of the molecule is Cn1cc(-c2ccc3c(N4CCCC4c4cc(F)cc(F)c4)ncnc3c2)cn1. The Morgan fingerprint density at radius 3 is 2.59 bits per heavy atom. The summed E-state index contributed by atoms with van der Waals surface area (Å²) in [5.74, 6) is -0.319. The molecule has 1 aliphatic rings. The van der Waals surface area contributed by atoms with E-state index in [1.807, 2.05) is 37.6 Å². The molecule has 3 heterocycles. The number of rotatable bonds is 3. The summed E-state index contributed by atoms with van der Waals surface area (Å²) in [6.07, 6.45) is 7.08. The molecule has 0 aliphatic carbocycles. The van der Waals surface area contributed by atoms with Gasteiger partial charge in [-0.1, -0.05) is 6.07 Å². The summed E-state index contributed by atoms with van der Waals surface area (Å²) in [6.45, 7) is 0.777. The van der Waals surface area contributed by atoms with Crippen LogP contribution in [0.2, 0.25) is 0 Å². The molecule has 1 atom stereocenters. The van der Waals surface area contributed by atoms with Crippen LogP contribution in [-0.2, 0) is 7.05 Å². The number of anilines is 1. The van der Waals surface area contributed by atoms with Gasteiger partial charge >= 0.3 is 0 Å². The molecule has 146 valence electrons. The van der Waals surface area contributed by atoms with Gasteiger partial charge in [-0.05, 0) is 48.2 Å². The Morgan fingerprint density at radius 2 is 1.83 bits per heavy atom. The van der Waals surface area contributed by atoms with Crippen molar-refractivity contribution in [2.45, 2.75) is 18.9 Å². The maximum Gasteiger partial charge on any atom is 0.140 e. The molecule has 4 aromatic rings. The Kier molecular flexibility index (Phi) is 4.23. The average molecular weight is 391 g/mol. The van der Waals surface area contributed by atoms with Crippen LogP contribution >= 0.6 is 0 Å². The molecule has 1 saturated heterocycles. The third-order valence-electron chi connectivity index (χ3n) is 5.45. The molecule has 0 radical (unpaired) electrons. The minimum atomic E-state index is -0.555. The monoisotopic (exact) mass is 391 g/mol. The molecule has 0 saturated carbocycles. The quantitative estimate of drug-likeness (QED) is 0.510. The van der Waals surface area contributed by atoms with Crippen molar-refractivity contribution in [3.63, 3.8) is 0 Å². The fourth-order valence-corrected chi connectivity index (χ4v) is 4.16. The van der Waals surface area contributed by atoms with Crippen molar-refractivity contribution in [2.75, 3.05) is 11.4 Å². The zero-order valence-corrected chi connectivity index (χ0v) is 15.9. The number of nitrogens with zero attached hydrogens (tertiary/aromatic N) is 5. The lowest BCUT2D eigenvalue weighted by Gasteiger charge is -2.27. The van der Waals surface area contributed by atoms with Crippen molar-refractivity contribution >= 4 is 16.7 Å². The first kappa shape index (κ1) is 17.7. The number of halogens is 2. The van der Waals surface area contributed by atoms with Crippen LogP contribution in [0.1, 0.15) is 24.4 Å². The van der Waals surface area contributed by atoms with E-state index in [9.17, 15) is 8.78 Å². The molecule has 0 N–H and O–H groups in total. The second kappa shape index (κ2) is 6.92. The number of fused-ring (bicyclic) bond motifs is 1. The molecule has 2 aromatic heterocycles. The Bertz CT molecular complexity index is 1180. The normalized spacial score (nSPS) is 16.7. The third-order valence-corrected chi connectivity index (χ3v) is 5.45. The molecule has 2 aromatic carbocycles. The molecule has 5 nitrogen and oxygen atoms in total. The largest absolute Gasteiger partial charge is 0.349 e. The summed E-state index contributed by atoms with van der Waals surface area (Å²) in [6, 6.07) is 9.67. The Labute approximate surface area is 166 Å². The van der Waals surface area contributed by atoms with E-state index in [0.717, 1.165) is 53.3 Å². The minimum absolute atomic E-state index is 0.115. The van der Waals surface area contributed by atoms with Crippen LogP contribution in [0.5, 0.6) is 0 Å². The molecule has 1 aliphatic heterocycles. The van der Waals surface area contributed by atoms with Gasteiger partial charge in [0.1, 0.15) is 23.8 Å². The van der Waals surface area contributed by atoms with Crippen LogP contribution in [0.3, 0.4) is 0 Å². The summed E-state index contributed by atoms with van der Waals surface area (Å²) >= 11 is 0. The van der Waals surface area contributed by atoms with E-state index < -0.39 is 11.6 Å². The lowest BCUT2D eigenvalue weighted by Crippen LogP contribution is -2.24. The molecular weight excluding hydrogens is 372 g/mol. The summed E-state index contributed by atoms with van der Waals surface area (Å²) in [5.41, 5.74) is 3.51. The van der Waals surface area contributed by atoms with Gasteiger partial charge in [0, 0.05) is 36.8 Å². The number of hydrogen-bond acceptors (Lipinski definition) is 4. The van der Waals surface area contributed by atoms with Crippen molar-refractivity contribution in [1.29, 1.82) is 0 Å². The number of hydrogen-bond donors (Lipinski definition) is 0. The average Bonchev–Trinajstić information content (AvgIpc) is 3.35. The van der Waals surface area contributed by atoms with E-state index in [4.69, 9.17) is 0 Å². The van der Waals surface area contributed by atoms with E-state index in [1.54, 1.807) is 11.0 Å². The maximum absolute atomic E-state index is 13.8. The molecule has 1 unspecified atom stereocenters. The van der Waals surface area contributed by atoms with Gasteiger partial charge < -0.3 is 4.90 Å². The molecule has 0 bridgehead atoms. The van der Waals surface area contributed by atoms with Crippen LogP contribution in [0, 0.1) is 11.6 Å². The van der Waals surface area contributed by atoms with Crippen LogP contribution < -0.4 is 4.90 Å². The second-order valence-electron chi connectivity index (χ2n) is 7.39. The lowest BCUT2D eigenvalue weighted by molar-refractivity contribution is 0.572. The first-order chi connectivity index (χ1) is 14.1. The molecule has 1 fully saturated rings. The first-order valence-corrected chi connectivity index (χ1v) is 9.55. The fourth-order valence-electron chi connectivity index (χ4n) is 4.16. The van der Waals surface area contributed by atoms with Gasteiger partial charge in [-0.3, -0.25) is 4.68 Å². The van der Waals surface area contributed by atoms with Gasteiger partial charge in [-0.15, -0.1) is 0 Å². The highest BCUT2D eigenvalue weighted by Gasteiger charge is 2.29. The third kappa shape index (κ3) is 3.22. The highest BCUT2D eigenvalue weighted by Crippen LogP contribution is 2.38. The smallest absolute Gasteiger partial charge is 0.140 e. The Hall–Kier alpha value is -3.35. The summed E-state index contributed by atoms with van der Waals surface area (Å²) in [7, 11) is 1.88. The van der Waals surface area contributed by atoms with E-state index in [1.165, 1.54) is 12.1 Å². The van der Waals surface area contributed by atoms with Crippen LogP contribution in [0.4, 0.5) is 14.6 Å². The highest BCUT2D eigenvalue weighted by atomic mass is 19.1. The second-order valence-corrected chi connectivity index (χ2v) is 7.39.